The van der Waals surface area contributed by atoms with Crippen LogP contribution in [0.1, 0.15) is 107 Å². The Morgan fingerprint density at radius 1 is 0.633 bits per heavy atom. The van der Waals surface area contributed by atoms with Gasteiger partial charge in [-0.15, -0.1) is 0 Å². The predicted octanol–water partition coefficient (Wildman–Crippen LogP) is 15.6. The molecule has 0 spiro atoms. The van der Waals surface area contributed by atoms with Crippen LogP contribution in [0, 0.1) is 6.92 Å². The van der Waals surface area contributed by atoms with Gasteiger partial charge in [0.15, 0.2) is 12.1 Å². The molecule has 0 unspecified atom stereocenters. The van der Waals surface area contributed by atoms with Crippen molar-refractivity contribution in [3.8, 4) is 0 Å². The number of aryl methyl sites for hydroxylation is 1. The van der Waals surface area contributed by atoms with Gasteiger partial charge in [0.05, 0.1) is 5.57 Å². The summed E-state index contributed by atoms with van der Waals surface area (Å²) in [6, 6.07) is 41.3. The Balaban J connectivity index is 1.41. The molecule has 1 aliphatic carbocycles. The standard InChI is InChI=1S/C57H59NO2/c1-7-9-19-41(3)26-27-42(4)45-30-34-48(35-31-45)56(55(40-59)57(60)54-39-51-21-17-16-20-50(51)38-43(54)5)49-36-32-47(33-37-49)46(18-8-2)29-28-44(6)58(52-22-12-10-13-23-52)53-24-14-11-15-25-53/h10-17,20-32,34-36,38-40H,7-9,18-19,33,37H2,1-6H3/b41-26-,42-27+,44-28+,46-29+,56-55+. The lowest BCUT2D eigenvalue weighted by Gasteiger charge is -2.26. The predicted molar refractivity (Wildman–Crippen MR) is 257 cm³/mol. The van der Waals surface area contributed by atoms with Gasteiger partial charge in [-0.05, 0) is 152 Å². The maximum Gasteiger partial charge on any atom is 0.197 e. The SMILES string of the molecule is CCCC/C(C)=C\C=C(/C)c1ccc(/C(C2=CC=C(/C(=C/C=C(\C)N(c3ccccc3)c3ccccc3)CCC)CC2)=C(/C=O)C(=O)c2cc3ccccc3cc2C)cc1. The van der Waals surface area contributed by atoms with E-state index in [9.17, 15) is 9.59 Å². The normalized spacial score (nSPS) is 14.4. The fourth-order valence-corrected chi connectivity index (χ4v) is 8.03. The Bertz CT molecular complexity index is 2480. The zero-order chi connectivity index (χ0) is 42.4. The number of hydrogen-bond acceptors (Lipinski definition) is 3. The van der Waals surface area contributed by atoms with E-state index >= 15 is 0 Å². The fourth-order valence-electron chi connectivity index (χ4n) is 8.03. The van der Waals surface area contributed by atoms with Crippen LogP contribution in [-0.4, -0.2) is 12.1 Å². The van der Waals surface area contributed by atoms with Gasteiger partial charge in [0.1, 0.15) is 0 Å². The summed E-state index contributed by atoms with van der Waals surface area (Å²) >= 11 is 0. The van der Waals surface area contributed by atoms with Gasteiger partial charge in [0, 0.05) is 22.6 Å². The van der Waals surface area contributed by atoms with Crippen LogP contribution in [0.4, 0.5) is 11.4 Å². The first kappa shape index (κ1) is 43.3. The molecule has 0 aliphatic heterocycles. The fraction of sp³-hybridized carbons (Fsp3) is 0.228. The monoisotopic (exact) mass is 789 g/mol. The van der Waals surface area contributed by atoms with Crippen LogP contribution in [-0.2, 0) is 4.79 Å². The number of rotatable bonds is 17. The van der Waals surface area contributed by atoms with Gasteiger partial charge in [-0.1, -0.05) is 154 Å². The van der Waals surface area contributed by atoms with Crippen molar-refractivity contribution in [3.63, 3.8) is 0 Å². The number of anilines is 2. The maximum absolute atomic E-state index is 14.6. The molecule has 0 saturated carbocycles. The number of carbonyl (C=O) groups excluding carboxylic acids is 2. The molecule has 0 amide bonds. The van der Waals surface area contributed by atoms with Gasteiger partial charge in [-0.25, -0.2) is 0 Å². The van der Waals surface area contributed by atoms with Crippen LogP contribution in [0.2, 0.25) is 0 Å². The van der Waals surface area contributed by atoms with Crippen LogP contribution in [0.25, 0.3) is 21.9 Å². The minimum absolute atomic E-state index is 0.191. The number of nitrogens with zero attached hydrogens (tertiary/aromatic N) is 1. The highest BCUT2D eigenvalue weighted by atomic mass is 16.1. The summed E-state index contributed by atoms with van der Waals surface area (Å²) in [7, 11) is 0. The number of carbonyl (C=O) groups is 2. The first-order valence-corrected chi connectivity index (χ1v) is 21.6. The van der Waals surface area contributed by atoms with E-state index in [4.69, 9.17) is 0 Å². The van der Waals surface area contributed by atoms with E-state index in [0.717, 1.165) is 82.1 Å². The van der Waals surface area contributed by atoms with E-state index in [1.165, 1.54) is 35.1 Å². The second kappa shape index (κ2) is 21.1. The molecule has 0 N–H and O–H groups in total. The van der Waals surface area contributed by atoms with Crippen molar-refractivity contribution in [3.05, 3.63) is 214 Å². The summed E-state index contributed by atoms with van der Waals surface area (Å²) in [5.74, 6) is -0.250. The number of para-hydroxylation sites is 2. The molecule has 3 nitrogen and oxygen atoms in total. The van der Waals surface area contributed by atoms with Crippen LogP contribution >= 0.6 is 0 Å². The second-order valence-electron chi connectivity index (χ2n) is 15.9. The minimum atomic E-state index is -0.250. The molecule has 0 radical (unpaired) electrons. The van der Waals surface area contributed by atoms with Crippen molar-refractivity contribution in [2.24, 2.45) is 0 Å². The highest BCUT2D eigenvalue weighted by Crippen LogP contribution is 2.38. The molecule has 60 heavy (non-hydrogen) atoms. The summed E-state index contributed by atoms with van der Waals surface area (Å²) in [6.45, 7) is 12.9. The molecule has 6 rings (SSSR count). The van der Waals surface area contributed by atoms with Crippen molar-refractivity contribution in [1.29, 1.82) is 0 Å². The molecule has 0 fully saturated rings. The Morgan fingerprint density at radius 3 is 1.80 bits per heavy atom. The van der Waals surface area contributed by atoms with E-state index in [1.54, 1.807) is 0 Å². The van der Waals surface area contributed by atoms with Gasteiger partial charge < -0.3 is 4.90 Å². The van der Waals surface area contributed by atoms with Crippen molar-refractivity contribution < 1.29 is 9.59 Å². The van der Waals surface area contributed by atoms with Crippen LogP contribution in [0.15, 0.2) is 191 Å². The van der Waals surface area contributed by atoms with E-state index in [0.29, 0.717) is 17.6 Å². The number of hydrogen-bond donors (Lipinski definition) is 0. The molecule has 304 valence electrons. The number of Topliss-reactive ketones (excluding diaryl/α,β-unsaturated/α-hetero) is 1. The maximum atomic E-state index is 14.6. The van der Waals surface area contributed by atoms with Gasteiger partial charge in [-0.2, -0.15) is 0 Å². The average molecular weight is 790 g/mol. The second-order valence-corrected chi connectivity index (χ2v) is 15.9. The summed E-state index contributed by atoms with van der Waals surface area (Å²) in [4.78, 5) is 30.1. The highest BCUT2D eigenvalue weighted by Gasteiger charge is 2.24. The molecular weight excluding hydrogens is 731 g/mol. The lowest BCUT2D eigenvalue weighted by Crippen LogP contribution is -2.14. The highest BCUT2D eigenvalue weighted by molar-refractivity contribution is 6.27. The average Bonchev–Trinajstić information content (AvgIpc) is 3.28. The lowest BCUT2D eigenvalue weighted by atomic mass is 9.82. The Hall–Kier alpha value is -6.32. The molecule has 0 aromatic heterocycles. The lowest BCUT2D eigenvalue weighted by molar-refractivity contribution is -0.104. The summed E-state index contributed by atoms with van der Waals surface area (Å²) in [5, 5.41) is 2.04. The molecule has 0 bridgehead atoms. The van der Waals surface area contributed by atoms with Gasteiger partial charge in [0.25, 0.3) is 0 Å². The van der Waals surface area contributed by atoms with Gasteiger partial charge in [0.2, 0.25) is 0 Å². The molecule has 5 aromatic carbocycles. The largest absolute Gasteiger partial charge is 0.315 e. The third-order valence-corrected chi connectivity index (χ3v) is 11.5. The summed E-state index contributed by atoms with van der Waals surface area (Å²) in [5.41, 5.74) is 13.7. The van der Waals surface area contributed by atoms with Crippen molar-refractivity contribution in [2.75, 3.05) is 4.90 Å². The van der Waals surface area contributed by atoms with Crippen molar-refractivity contribution in [2.45, 2.75) is 86.5 Å². The third kappa shape index (κ3) is 10.6. The first-order valence-electron chi connectivity index (χ1n) is 21.6. The quantitative estimate of drug-likeness (QED) is 0.0235. The number of allylic oxidation sites excluding steroid dienone is 14. The van der Waals surface area contributed by atoms with Crippen molar-refractivity contribution in [1.82, 2.24) is 0 Å². The smallest absolute Gasteiger partial charge is 0.197 e. The number of unbranched alkanes of at least 4 members (excludes halogenated alkanes) is 1. The van der Waals surface area contributed by atoms with E-state index < -0.39 is 0 Å². The molecule has 0 heterocycles. The van der Waals surface area contributed by atoms with Crippen LogP contribution in [0.3, 0.4) is 0 Å². The summed E-state index contributed by atoms with van der Waals surface area (Å²) in [6.07, 6.45) is 21.0. The Morgan fingerprint density at radius 2 is 1.22 bits per heavy atom. The van der Waals surface area contributed by atoms with E-state index in [1.807, 2.05) is 49.4 Å². The first-order chi connectivity index (χ1) is 29.2. The van der Waals surface area contributed by atoms with Crippen molar-refractivity contribution >= 4 is 45.4 Å². The van der Waals surface area contributed by atoms with E-state index in [-0.39, 0.29) is 11.4 Å². The van der Waals surface area contributed by atoms with Gasteiger partial charge in [-0.3, -0.25) is 9.59 Å². The number of aldehydes is 1. The third-order valence-electron chi connectivity index (χ3n) is 11.5. The number of ketones is 1. The van der Waals surface area contributed by atoms with Crippen LogP contribution < -0.4 is 4.90 Å². The molecule has 0 saturated heterocycles. The van der Waals surface area contributed by atoms with E-state index in [2.05, 4.69) is 155 Å². The molecule has 1 aliphatic rings. The molecule has 3 heteroatoms. The summed E-state index contributed by atoms with van der Waals surface area (Å²) < 4.78 is 0. The number of fused-ring (bicyclic) bond motifs is 1. The van der Waals surface area contributed by atoms with Crippen LogP contribution in [0.5, 0.6) is 0 Å². The molecule has 5 aromatic rings. The zero-order valence-electron chi connectivity index (χ0n) is 36.3. The number of benzene rings is 5. The minimum Gasteiger partial charge on any atom is -0.315 e. The zero-order valence-corrected chi connectivity index (χ0v) is 36.3. The molecular formula is C57H59NO2. The molecule has 0 atom stereocenters. The Labute approximate surface area is 358 Å². The topological polar surface area (TPSA) is 37.4 Å². The van der Waals surface area contributed by atoms with Gasteiger partial charge >= 0.3 is 0 Å². The Kier molecular flexibility index (Phi) is 15.2.